The highest BCUT2D eigenvalue weighted by Crippen LogP contribution is 2.30. The molecule has 0 aromatic heterocycles. The van der Waals surface area contributed by atoms with Crippen LogP contribution < -0.4 is 5.48 Å². The van der Waals surface area contributed by atoms with Crippen LogP contribution in [0.25, 0.3) is 0 Å². The van der Waals surface area contributed by atoms with Gasteiger partial charge in [0.2, 0.25) is 0 Å². The van der Waals surface area contributed by atoms with Gasteiger partial charge in [0.15, 0.2) is 0 Å². The number of carbonyl (C=O) groups excluding carboxylic acids is 2. The van der Waals surface area contributed by atoms with E-state index in [0.717, 1.165) is 0 Å². The molecule has 2 heterocycles. The van der Waals surface area contributed by atoms with Crippen LogP contribution in [0.5, 0.6) is 0 Å². The standard InChI is InChI=1S/C9H14N3O7S/c1-2-18-10-8(13)7-4-3-6-5-11(7)9(14)12(6)19-20(15,16)17/h6-7H,1-5H2,(H,10,13)(H,15,16,17)/t6-,7+/m1/s1. The minimum atomic E-state index is -4.79. The van der Waals surface area contributed by atoms with E-state index in [4.69, 9.17) is 4.55 Å². The van der Waals surface area contributed by atoms with Crippen LogP contribution in [0.1, 0.15) is 12.8 Å². The second-order valence-electron chi connectivity index (χ2n) is 4.32. The predicted octanol–water partition coefficient (Wildman–Crippen LogP) is -1.13. The zero-order chi connectivity index (χ0) is 14.9. The second kappa shape index (κ2) is 5.52. The lowest BCUT2D eigenvalue weighted by atomic mass is 10.0. The Morgan fingerprint density at radius 1 is 1.50 bits per heavy atom. The Morgan fingerprint density at radius 3 is 2.80 bits per heavy atom. The van der Waals surface area contributed by atoms with E-state index in [9.17, 15) is 18.0 Å². The molecule has 11 heteroatoms. The number of hydroxylamine groups is 3. The largest absolute Gasteiger partial charge is 0.418 e. The first-order valence-electron chi connectivity index (χ1n) is 5.81. The first-order valence-corrected chi connectivity index (χ1v) is 7.17. The molecule has 3 amide bonds. The van der Waals surface area contributed by atoms with Crippen LogP contribution in [-0.2, 0) is 24.3 Å². The summed E-state index contributed by atoms with van der Waals surface area (Å²) in [4.78, 5) is 29.6. The molecule has 2 bridgehead atoms. The number of carbonyl (C=O) groups is 2. The summed E-state index contributed by atoms with van der Waals surface area (Å²) >= 11 is 0. The maximum Gasteiger partial charge on any atom is 0.418 e. The quantitative estimate of drug-likeness (QED) is 0.486. The summed E-state index contributed by atoms with van der Waals surface area (Å²) in [5.74, 6) is -0.519. The number of amides is 3. The summed E-state index contributed by atoms with van der Waals surface area (Å²) in [7, 11) is -4.79. The monoisotopic (exact) mass is 308 g/mol. The van der Waals surface area contributed by atoms with Crippen molar-refractivity contribution >= 4 is 22.3 Å². The lowest BCUT2D eigenvalue weighted by Gasteiger charge is -2.28. The number of urea groups is 1. The van der Waals surface area contributed by atoms with E-state index in [-0.39, 0.29) is 13.2 Å². The molecule has 2 aliphatic rings. The van der Waals surface area contributed by atoms with Crippen LogP contribution in [0.15, 0.2) is 0 Å². The molecule has 10 nitrogen and oxygen atoms in total. The fourth-order valence-corrected chi connectivity index (χ4v) is 2.68. The molecule has 2 rings (SSSR count). The van der Waals surface area contributed by atoms with Crippen LogP contribution in [0.4, 0.5) is 4.79 Å². The average molecular weight is 308 g/mol. The van der Waals surface area contributed by atoms with Crippen molar-refractivity contribution in [2.45, 2.75) is 24.9 Å². The van der Waals surface area contributed by atoms with Crippen LogP contribution in [0, 0.1) is 6.92 Å². The Labute approximate surface area is 115 Å². The molecule has 0 spiro atoms. The molecule has 2 saturated heterocycles. The number of rotatable bonds is 5. The molecule has 2 aliphatic heterocycles. The van der Waals surface area contributed by atoms with Gasteiger partial charge in [-0.3, -0.25) is 14.2 Å². The minimum Gasteiger partial charge on any atom is -0.309 e. The van der Waals surface area contributed by atoms with E-state index in [1.807, 2.05) is 0 Å². The van der Waals surface area contributed by atoms with Crippen LogP contribution in [0.3, 0.4) is 0 Å². The first kappa shape index (κ1) is 15.0. The zero-order valence-electron chi connectivity index (χ0n) is 10.4. The Bertz CT molecular complexity index is 508. The van der Waals surface area contributed by atoms with Crippen molar-refractivity contribution in [3.8, 4) is 0 Å². The highest BCUT2D eigenvalue weighted by molar-refractivity contribution is 7.80. The second-order valence-corrected chi connectivity index (χ2v) is 5.33. The molecule has 0 aromatic rings. The van der Waals surface area contributed by atoms with Crippen LogP contribution >= 0.6 is 0 Å². The summed E-state index contributed by atoms with van der Waals surface area (Å²) in [6, 6.07) is -2.09. The van der Waals surface area contributed by atoms with Crippen molar-refractivity contribution < 1.29 is 31.7 Å². The van der Waals surface area contributed by atoms with Crippen molar-refractivity contribution in [2.75, 3.05) is 13.2 Å². The normalized spacial score (nSPS) is 26.0. The van der Waals surface area contributed by atoms with Gasteiger partial charge >= 0.3 is 16.4 Å². The SMILES string of the molecule is [CH2]CONC(=O)[C@@H]1CC[C@@H]2CN1C(=O)N2OS(=O)(=O)O. The molecule has 0 saturated carbocycles. The molecule has 1 radical (unpaired) electrons. The summed E-state index contributed by atoms with van der Waals surface area (Å²) in [5, 5.41) is 0.574. The zero-order valence-corrected chi connectivity index (χ0v) is 11.2. The van der Waals surface area contributed by atoms with E-state index in [2.05, 4.69) is 21.5 Å². The number of hydrogen-bond acceptors (Lipinski definition) is 6. The van der Waals surface area contributed by atoms with Gasteiger partial charge in [-0.25, -0.2) is 10.3 Å². The Hall–Kier alpha value is -1.43. The number of nitrogens with zero attached hydrogens (tertiary/aromatic N) is 2. The van der Waals surface area contributed by atoms with Crippen molar-refractivity contribution in [2.24, 2.45) is 0 Å². The third-order valence-electron chi connectivity index (χ3n) is 3.07. The maximum atomic E-state index is 12.0. The predicted molar refractivity (Wildman–Crippen MR) is 62.8 cm³/mol. The Balaban J connectivity index is 2.07. The van der Waals surface area contributed by atoms with E-state index >= 15 is 0 Å². The molecule has 0 aromatic carbocycles. The highest BCUT2D eigenvalue weighted by atomic mass is 32.3. The lowest BCUT2D eigenvalue weighted by molar-refractivity contribution is -0.138. The van der Waals surface area contributed by atoms with E-state index in [1.165, 1.54) is 4.90 Å². The number of fused-ring (bicyclic) bond motifs is 2. The topological polar surface area (TPSA) is 125 Å². The highest BCUT2D eigenvalue weighted by Gasteiger charge is 2.49. The van der Waals surface area contributed by atoms with Gasteiger partial charge in [-0.1, -0.05) is 0 Å². The molecular formula is C9H14N3O7S. The van der Waals surface area contributed by atoms with E-state index in [1.54, 1.807) is 0 Å². The van der Waals surface area contributed by atoms with Gasteiger partial charge in [0, 0.05) is 6.54 Å². The Kier molecular flexibility index (Phi) is 4.13. The smallest absolute Gasteiger partial charge is 0.309 e. The van der Waals surface area contributed by atoms with E-state index in [0.29, 0.717) is 17.9 Å². The molecule has 2 fully saturated rings. The Morgan fingerprint density at radius 2 is 2.20 bits per heavy atom. The van der Waals surface area contributed by atoms with E-state index < -0.39 is 34.4 Å². The first-order chi connectivity index (χ1) is 9.33. The summed E-state index contributed by atoms with van der Waals surface area (Å²) in [6.45, 7) is 3.55. The van der Waals surface area contributed by atoms with Gasteiger partial charge in [-0.2, -0.15) is 13.5 Å². The van der Waals surface area contributed by atoms with Gasteiger partial charge < -0.3 is 4.90 Å². The van der Waals surface area contributed by atoms with Crippen molar-refractivity contribution in [3.63, 3.8) is 0 Å². The molecule has 2 atom stereocenters. The molecule has 0 aliphatic carbocycles. The minimum absolute atomic E-state index is 0.0347. The molecule has 113 valence electrons. The van der Waals surface area contributed by atoms with Crippen LogP contribution in [-0.4, -0.2) is 60.1 Å². The third kappa shape index (κ3) is 3.00. The van der Waals surface area contributed by atoms with Gasteiger partial charge in [-0.15, -0.1) is 4.28 Å². The summed E-state index contributed by atoms with van der Waals surface area (Å²) < 4.78 is 34.3. The molecule has 0 unspecified atom stereocenters. The number of piperidine rings is 1. The lowest BCUT2D eigenvalue weighted by Crippen LogP contribution is -2.49. The number of nitrogens with one attached hydrogen (secondary N) is 1. The van der Waals surface area contributed by atoms with Gasteiger partial charge in [0.1, 0.15) is 6.04 Å². The molecule has 2 N–H and O–H groups in total. The van der Waals surface area contributed by atoms with Crippen LogP contribution in [0.2, 0.25) is 0 Å². The summed E-state index contributed by atoms with van der Waals surface area (Å²) in [5.41, 5.74) is 2.15. The van der Waals surface area contributed by atoms with Gasteiger partial charge in [-0.05, 0) is 19.8 Å². The van der Waals surface area contributed by atoms with Gasteiger partial charge in [0.05, 0.1) is 12.6 Å². The average Bonchev–Trinajstić information content (AvgIpc) is 2.60. The fourth-order valence-electron chi connectivity index (χ4n) is 2.29. The van der Waals surface area contributed by atoms with Crippen molar-refractivity contribution in [1.82, 2.24) is 15.4 Å². The maximum absolute atomic E-state index is 12.0. The third-order valence-corrected chi connectivity index (χ3v) is 3.42. The molecule has 20 heavy (non-hydrogen) atoms. The number of hydrogen-bond donors (Lipinski definition) is 2. The van der Waals surface area contributed by atoms with Crippen molar-refractivity contribution in [1.29, 1.82) is 0 Å². The molecular weight excluding hydrogens is 294 g/mol. The fraction of sp³-hybridized carbons (Fsp3) is 0.667. The van der Waals surface area contributed by atoms with Gasteiger partial charge in [0.25, 0.3) is 5.91 Å². The van der Waals surface area contributed by atoms with Crippen molar-refractivity contribution in [3.05, 3.63) is 6.92 Å². The summed E-state index contributed by atoms with van der Waals surface area (Å²) in [6.07, 6.45) is 0.689.